The normalized spacial score (nSPS) is 25.1. The van der Waals surface area contributed by atoms with Crippen molar-refractivity contribution in [3.05, 3.63) is 42.5 Å². The molecule has 1 aromatic rings. The third-order valence-electron chi connectivity index (χ3n) is 6.86. The van der Waals surface area contributed by atoms with E-state index >= 15 is 0 Å². The smallest absolute Gasteiger partial charge is 0.410 e. The predicted octanol–water partition coefficient (Wildman–Crippen LogP) is 6.78. The molecule has 1 aliphatic carbocycles. The zero-order chi connectivity index (χ0) is 22.1. The molecule has 31 heavy (non-hydrogen) atoms. The second-order valence-corrected chi connectivity index (χ2v) is 9.05. The number of amides is 1. The van der Waals surface area contributed by atoms with Crippen LogP contribution in [0.2, 0.25) is 0 Å². The van der Waals surface area contributed by atoms with Gasteiger partial charge in [-0.2, -0.15) is 0 Å². The quantitative estimate of drug-likeness (QED) is 0.247. The van der Waals surface area contributed by atoms with Gasteiger partial charge < -0.3 is 9.64 Å². The average Bonchev–Trinajstić information content (AvgIpc) is 2.83. The van der Waals surface area contributed by atoms with Crippen molar-refractivity contribution in [2.75, 3.05) is 13.1 Å². The van der Waals surface area contributed by atoms with Crippen LogP contribution in [0.5, 0.6) is 5.75 Å². The van der Waals surface area contributed by atoms with Gasteiger partial charge in [-0.05, 0) is 87.8 Å². The van der Waals surface area contributed by atoms with E-state index in [4.69, 9.17) is 14.5 Å². The van der Waals surface area contributed by atoms with E-state index in [-0.39, 0.29) is 17.8 Å². The van der Waals surface area contributed by atoms with Gasteiger partial charge in [0.15, 0.2) is 0 Å². The van der Waals surface area contributed by atoms with Crippen LogP contribution in [-0.2, 0) is 9.78 Å². The molecular weight excluding hydrogens is 390 g/mol. The summed E-state index contributed by atoms with van der Waals surface area (Å²) in [5.41, 5.74) is 1.04. The van der Waals surface area contributed by atoms with Gasteiger partial charge in [-0.1, -0.05) is 32.1 Å². The fraction of sp³-hybridized carbons (Fsp3) is 0.654. The van der Waals surface area contributed by atoms with Crippen molar-refractivity contribution in [1.82, 2.24) is 4.90 Å². The number of hydrogen-bond acceptors (Lipinski definition) is 4. The van der Waals surface area contributed by atoms with Crippen molar-refractivity contribution in [2.24, 2.45) is 0 Å². The van der Waals surface area contributed by atoms with Gasteiger partial charge in [-0.3, -0.25) is 0 Å². The van der Waals surface area contributed by atoms with E-state index in [9.17, 15) is 4.79 Å². The lowest BCUT2D eigenvalue weighted by molar-refractivity contribution is -0.391. The van der Waals surface area contributed by atoms with Crippen LogP contribution in [0, 0.1) is 0 Å². The minimum Gasteiger partial charge on any atom is -0.410 e. The molecule has 3 rings (SSSR count). The highest BCUT2D eigenvalue weighted by atomic mass is 17.2. The van der Waals surface area contributed by atoms with Crippen molar-refractivity contribution in [3.8, 4) is 5.75 Å². The summed E-state index contributed by atoms with van der Waals surface area (Å²) in [6.07, 6.45) is 11.9. The number of piperidine rings is 1. The molecule has 2 fully saturated rings. The third kappa shape index (κ3) is 6.56. The lowest BCUT2D eigenvalue weighted by atomic mass is 9.74. The van der Waals surface area contributed by atoms with Crippen LogP contribution in [0.25, 0.3) is 0 Å². The summed E-state index contributed by atoms with van der Waals surface area (Å²) in [5, 5.41) is 0. The molecule has 1 aromatic carbocycles. The third-order valence-corrected chi connectivity index (χ3v) is 6.86. The molecule has 1 unspecified atom stereocenters. The molecule has 1 saturated heterocycles. The molecule has 1 heterocycles. The van der Waals surface area contributed by atoms with Gasteiger partial charge in [0.2, 0.25) is 0 Å². The topological polar surface area (TPSA) is 48.0 Å². The van der Waals surface area contributed by atoms with Gasteiger partial charge in [-0.15, -0.1) is 6.58 Å². The first-order valence-corrected chi connectivity index (χ1v) is 12.1. The van der Waals surface area contributed by atoms with Crippen molar-refractivity contribution in [2.45, 2.75) is 95.7 Å². The summed E-state index contributed by atoms with van der Waals surface area (Å²) < 4.78 is 5.59. The SMILES string of the molecule is C=CCC(CC)OO[C@]1(CC)CCC[C@@H](c2ccc(OC(=O)N3CCCCC3)cc2)C1. The van der Waals surface area contributed by atoms with Crippen molar-refractivity contribution < 1.29 is 19.3 Å². The summed E-state index contributed by atoms with van der Waals surface area (Å²) in [6, 6.07) is 8.05. The molecule has 0 N–H and O–H groups in total. The van der Waals surface area contributed by atoms with E-state index in [0.29, 0.717) is 11.7 Å². The zero-order valence-corrected chi connectivity index (χ0v) is 19.3. The van der Waals surface area contributed by atoms with E-state index in [1.807, 2.05) is 18.2 Å². The Kier molecular flexibility index (Phi) is 8.97. The lowest BCUT2D eigenvalue weighted by Gasteiger charge is -2.40. The molecule has 1 aliphatic heterocycles. The largest absolute Gasteiger partial charge is 0.415 e. The Labute approximate surface area is 187 Å². The van der Waals surface area contributed by atoms with Crippen LogP contribution in [0.3, 0.4) is 0 Å². The Morgan fingerprint density at radius 3 is 2.58 bits per heavy atom. The molecule has 0 spiro atoms. The number of rotatable bonds is 9. The molecular formula is C26H39NO4. The highest BCUT2D eigenvalue weighted by Crippen LogP contribution is 2.43. The van der Waals surface area contributed by atoms with Gasteiger partial charge >= 0.3 is 6.09 Å². The molecule has 1 saturated carbocycles. The standard InChI is InChI=1S/C26H39NO4/c1-4-11-23(5-2)30-31-26(6-3)17-10-12-22(20-26)21-13-15-24(16-14-21)29-25(28)27-18-8-7-9-19-27/h4,13-16,22-23H,1,5-12,17-20H2,2-3H3/t22-,23?,26-/m1/s1. The van der Waals surface area contributed by atoms with Gasteiger partial charge in [0, 0.05) is 13.1 Å². The van der Waals surface area contributed by atoms with Gasteiger partial charge in [0.25, 0.3) is 0 Å². The first-order chi connectivity index (χ1) is 15.1. The van der Waals surface area contributed by atoms with Crippen molar-refractivity contribution in [3.63, 3.8) is 0 Å². The lowest BCUT2D eigenvalue weighted by Crippen LogP contribution is -2.38. The number of nitrogens with zero attached hydrogens (tertiary/aromatic N) is 1. The zero-order valence-electron chi connectivity index (χ0n) is 19.3. The number of hydrogen-bond donors (Lipinski definition) is 0. The van der Waals surface area contributed by atoms with Crippen LogP contribution in [-0.4, -0.2) is 35.8 Å². The number of carbonyl (C=O) groups excluding carboxylic acids is 1. The minimum atomic E-state index is -0.239. The summed E-state index contributed by atoms with van der Waals surface area (Å²) in [7, 11) is 0. The fourth-order valence-corrected chi connectivity index (χ4v) is 4.74. The molecule has 1 amide bonds. The van der Waals surface area contributed by atoms with Crippen LogP contribution in [0.15, 0.2) is 36.9 Å². The Bertz CT molecular complexity index is 698. The van der Waals surface area contributed by atoms with Crippen LogP contribution >= 0.6 is 0 Å². The second kappa shape index (κ2) is 11.7. The summed E-state index contributed by atoms with van der Waals surface area (Å²) >= 11 is 0. The number of carbonyl (C=O) groups is 1. The number of likely N-dealkylation sites (tertiary alicyclic amines) is 1. The Morgan fingerprint density at radius 1 is 1.19 bits per heavy atom. The molecule has 172 valence electrons. The first-order valence-electron chi connectivity index (χ1n) is 12.1. The molecule has 5 nitrogen and oxygen atoms in total. The summed E-state index contributed by atoms with van der Waals surface area (Å²) in [5.74, 6) is 1.04. The first kappa shape index (κ1) is 23.8. The molecule has 3 atom stereocenters. The van der Waals surface area contributed by atoms with E-state index in [0.717, 1.165) is 70.9 Å². The van der Waals surface area contributed by atoms with Crippen molar-refractivity contribution >= 4 is 6.09 Å². The molecule has 0 aromatic heterocycles. The maximum absolute atomic E-state index is 12.3. The van der Waals surface area contributed by atoms with E-state index in [1.165, 1.54) is 12.0 Å². The second-order valence-electron chi connectivity index (χ2n) is 9.05. The number of benzene rings is 1. The monoisotopic (exact) mass is 429 g/mol. The van der Waals surface area contributed by atoms with E-state index in [1.54, 1.807) is 4.90 Å². The predicted molar refractivity (Wildman–Crippen MR) is 123 cm³/mol. The molecule has 0 radical (unpaired) electrons. The van der Waals surface area contributed by atoms with Gasteiger partial charge in [-0.25, -0.2) is 14.6 Å². The average molecular weight is 430 g/mol. The van der Waals surface area contributed by atoms with Crippen LogP contribution < -0.4 is 4.74 Å². The number of ether oxygens (including phenoxy) is 1. The van der Waals surface area contributed by atoms with Gasteiger partial charge in [0.1, 0.15) is 11.4 Å². The van der Waals surface area contributed by atoms with Crippen LogP contribution in [0.4, 0.5) is 4.79 Å². The summed E-state index contributed by atoms with van der Waals surface area (Å²) in [6.45, 7) is 9.70. The van der Waals surface area contributed by atoms with E-state index in [2.05, 4.69) is 32.6 Å². The highest BCUT2D eigenvalue weighted by molar-refractivity contribution is 5.70. The maximum atomic E-state index is 12.3. The molecule has 5 heteroatoms. The summed E-state index contributed by atoms with van der Waals surface area (Å²) in [4.78, 5) is 26.1. The van der Waals surface area contributed by atoms with E-state index < -0.39 is 0 Å². The van der Waals surface area contributed by atoms with Crippen LogP contribution in [0.1, 0.15) is 89.5 Å². The maximum Gasteiger partial charge on any atom is 0.415 e. The Balaban J connectivity index is 1.58. The fourth-order valence-electron chi connectivity index (χ4n) is 4.74. The Hall–Kier alpha value is -1.85. The highest BCUT2D eigenvalue weighted by Gasteiger charge is 2.38. The Morgan fingerprint density at radius 2 is 1.94 bits per heavy atom. The van der Waals surface area contributed by atoms with Gasteiger partial charge in [0.05, 0.1) is 6.10 Å². The van der Waals surface area contributed by atoms with Crippen molar-refractivity contribution in [1.29, 1.82) is 0 Å². The molecule has 0 bridgehead atoms. The minimum absolute atomic E-state index is 0.0650. The molecule has 2 aliphatic rings.